The normalized spacial score (nSPS) is 22.3. The summed E-state index contributed by atoms with van der Waals surface area (Å²) in [6.07, 6.45) is 5.46. The summed E-state index contributed by atoms with van der Waals surface area (Å²) < 4.78 is 10.8. The molecule has 126 valence electrons. The highest BCUT2D eigenvalue weighted by Crippen LogP contribution is 2.44. The van der Waals surface area contributed by atoms with Crippen molar-refractivity contribution in [3.8, 4) is 11.5 Å². The van der Waals surface area contributed by atoms with Gasteiger partial charge in [-0.25, -0.2) is 9.97 Å². The van der Waals surface area contributed by atoms with Crippen LogP contribution in [0.25, 0.3) is 0 Å². The van der Waals surface area contributed by atoms with Crippen LogP contribution >= 0.6 is 0 Å². The van der Waals surface area contributed by atoms with Gasteiger partial charge in [0.1, 0.15) is 17.3 Å². The molecule has 5 nitrogen and oxygen atoms in total. The fraction of sp³-hybridized carbons (Fsp3) is 0.474. The minimum absolute atomic E-state index is 0.427. The molecule has 4 rings (SSSR count). The number of hydrogen-bond donors (Lipinski definition) is 0. The minimum Gasteiger partial charge on any atom is -0.497 e. The van der Waals surface area contributed by atoms with E-state index in [1.54, 1.807) is 14.2 Å². The Morgan fingerprint density at radius 3 is 2.58 bits per heavy atom. The highest BCUT2D eigenvalue weighted by atomic mass is 16.5. The van der Waals surface area contributed by atoms with Gasteiger partial charge in [-0.2, -0.15) is 0 Å². The molecule has 1 aromatic carbocycles. The Morgan fingerprint density at radius 1 is 1.12 bits per heavy atom. The quantitative estimate of drug-likeness (QED) is 0.864. The molecule has 2 aliphatic heterocycles. The van der Waals surface area contributed by atoms with Crippen LogP contribution in [-0.4, -0.2) is 35.1 Å². The first kappa shape index (κ1) is 15.4. The maximum absolute atomic E-state index is 5.41. The summed E-state index contributed by atoms with van der Waals surface area (Å²) in [6, 6.07) is 7.11. The molecular weight excluding hydrogens is 302 g/mol. The van der Waals surface area contributed by atoms with E-state index in [9.17, 15) is 0 Å². The summed E-state index contributed by atoms with van der Waals surface area (Å²) in [5, 5.41) is 0. The van der Waals surface area contributed by atoms with E-state index >= 15 is 0 Å². The van der Waals surface area contributed by atoms with Crippen molar-refractivity contribution in [3.63, 3.8) is 0 Å². The van der Waals surface area contributed by atoms with Crippen LogP contribution in [0.4, 0.5) is 0 Å². The average Bonchev–Trinajstić information content (AvgIpc) is 2.87. The first-order chi connectivity index (χ1) is 11.7. The maximum atomic E-state index is 5.41. The van der Waals surface area contributed by atoms with Crippen LogP contribution in [0.1, 0.15) is 41.5 Å². The van der Waals surface area contributed by atoms with E-state index in [1.807, 2.05) is 19.2 Å². The van der Waals surface area contributed by atoms with Crippen LogP contribution in [-0.2, 0) is 13.0 Å². The van der Waals surface area contributed by atoms with E-state index in [-0.39, 0.29) is 0 Å². The number of benzene rings is 1. The van der Waals surface area contributed by atoms with Gasteiger partial charge in [0.25, 0.3) is 0 Å². The average molecular weight is 325 g/mol. The van der Waals surface area contributed by atoms with Crippen LogP contribution < -0.4 is 9.47 Å². The Labute approximate surface area is 142 Å². The van der Waals surface area contributed by atoms with Gasteiger partial charge in [-0.1, -0.05) is 0 Å². The van der Waals surface area contributed by atoms with Crippen LogP contribution in [0, 0.1) is 6.92 Å². The molecule has 2 unspecified atom stereocenters. The third kappa shape index (κ3) is 2.63. The summed E-state index contributed by atoms with van der Waals surface area (Å²) in [6.45, 7) is 2.87. The Morgan fingerprint density at radius 2 is 1.88 bits per heavy atom. The van der Waals surface area contributed by atoms with E-state index in [0.29, 0.717) is 12.1 Å². The molecule has 1 fully saturated rings. The number of ether oxygens (including phenoxy) is 2. The molecule has 0 aliphatic carbocycles. The van der Waals surface area contributed by atoms with Gasteiger partial charge in [0, 0.05) is 42.9 Å². The zero-order chi connectivity index (χ0) is 16.7. The lowest BCUT2D eigenvalue weighted by Crippen LogP contribution is -2.37. The van der Waals surface area contributed by atoms with Gasteiger partial charge in [-0.05, 0) is 37.5 Å². The summed E-state index contributed by atoms with van der Waals surface area (Å²) in [4.78, 5) is 11.7. The first-order valence-electron chi connectivity index (χ1n) is 8.48. The molecule has 2 aliphatic rings. The van der Waals surface area contributed by atoms with Gasteiger partial charge in [-0.15, -0.1) is 0 Å². The molecule has 24 heavy (non-hydrogen) atoms. The molecule has 5 heteroatoms. The van der Waals surface area contributed by atoms with Crippen LogP contribution in [0.5, 0.6) is 11.5 Å². The van der Waals surface area contributed by atoms with E-state index in [1.165, 1.54) is 29.7 Å². The standard InChI is InChI=1S/C19H23N3O2/c1-12-20-10-17-18(21-12)8-14-4-5-19(17)22(14)11-13-6-15(23-2)9-16(7-13)24-3/h6-7,9-10,14,19H,4-5,8,11H2,1-3H3. The van der Waals surface area contributed by atoms with Gasteiger partial charge < -0.3 is 9.47 Å². The van der Waals surface area contributed by atoms with Crippen LogP contribution in [0.3, 0.4) is 0 Å². The van der Waals surface area contributed by atoms with E-state index in [2.05, 4.69) is 27.0 Å². The Balaban J connectivity index is 1.63. The largest absolute Gasteiger partial charge is 0.497 e. The second-order valence-corrected chi connectivity index (χ2v) is 6.66. The molecule has 2 bridgehead atoms. The van der Waals surface area contributed by atoms with Gasteiger partial charge in [0.2, 0.25) is 0 Å². The van der Waals surface area contributed by atoms with Crippen molar-refractivity contribution < 1.29 is 9.47 Å². The lowest BCUT2D eigenvalue weighted by Gasteiger charge is -2.35. The summed E-state index contributed by atoms with van der Waals surface area (Å²) in [5.41, 5.74) is 3.78. The minimum atomic E-state index is 0.427. The second-order valence-electron chi connectivity index (χ2n) is 6.66. The van der Waals surface area contributed by atoms with Gasteiger partial charge >= 0.3 is 0 Å². The molecule has 0 amide bonds. The summed E-state index contributed by atoms with van der Waals surface area (Å²) in [5.74, 6) is 2.56. The topological polar surface area (TPSA) is 47.5 Å². The van der Waals surface area contributed by atoms with Crippen molar-refractivity contribution >= 4 is 0 Å². The second kappa shape index (κ2) is 6.06. The highest BCUT2D eigenvalue weighted by Gasteiger charge is 2.40. The predicted molar refractivity (Wildman–Crippen MR) is 91.3 cm³/mol. The molecule has 2 atom stereocenters. The van der Waals surface area contributed by atoms with Crippen molar-refractivity contribution in [2.45, 2.75) is 44.8 Å². The SMILES string of the molecule is COc1cc(CN2C3CCC2c2cnc(C)nc2C3)cc(OC)c1. The summed E-state index contributed by atoms with van der Waals surface area (Å²) in [7, 11) is 3.39. The molecular formula is C19H23N3O2. The first-order valence-corrected chi connectivity index (χ1v) is 8.48. The van der Waals surface area contributed by atoms with Crippen molar-refractivity contribution in [2.75, 3.05) is 14.2 Å². The number of aromatic nitrogens is 2. The fourth-order valence-electron chi connectivity index (χ4n) is 4.09. The smallest absolute Gasteiger partial charge is 0.125 e. The molecule has 1 aromatic heterocycles. The number of rotatable bonds is 4. The van der Waals surface area contributed by atoms with Crippen molar-refractivity contribution in [3.05, 3.63) is 47.0 Å². The highest BCUT2D eigenvalue weighted by molar-refractivity contribution is 5.39. The molecule has 0 saturated carbocycles. The van der Waals surface area contributed by atoms with E-state index < -0.39 is 0 Å². The molecule has 0 spiro atoms. The molecule has 3 heterocycles. The monoisotopic (exact) mass is 325 g/mol. The van der Waals surface area contributed by atoms with E-state index in [4.69, 9.17) is 9.47 Å². The fourth-order valence-corrected chi connectivity index (χ4v) is 4.09. The Hall–Kier alpha value is -2.14. The molecule has 2 aromatic rings. The number of hydrogen-bond acceptors (Lipinski definition) is 5. The third-order valence-electron chi connectivity index (χ3n) is 5.23. The number of fused-ring (bicyclic) bond motifs is 4. The van der Waals surface area contributed by atoms with Gasteiger partial charge in [0.15, 0.2) is 0 Å². The summed E-state index contributed by atoms with van der Waals surface area (Å²) >= 11 is 0. The lowest BCUT2D eigenvalue weighted by atomic mass is 9.98. The van der Waals surface area contributed by atoms with Gasteiger partial charge in [-0.3, -0.25) is 4.90 Å². The van der Waals surface area contributed by atoms with Crippen LogP contribution in [0.2, 0.25) is 0 Å². The lowest BCUT2D eigenvalue weighted by molar-refractivity contribution is 0.165. The number of nitrogens with zero attached hydrogens (tertiary/aromatic N) is 3. The van der Waals surface area contributed by atoms with Crippen molar-refractivity contribution in [1.29, 1.82) is 0 Å². The molecule has 0 radical (unpaired) electrons. The zero-order valence-corrected chi connectivity index (χ0v) is 14.5. The van der Waals surface area contributed by atoms with Crippen LogP contribution in [0.15, 0.2) is 24.4 Å². The predicted octanol–water partition coefficient (Wildman–Crippen LogP) is 3.06. The third-order valence-corrected chi connectivity index (χ3v) is 5.23. The Kier molecular flexibility index (Phi) is 3.88. The molecule has 1 saturated heterocycles. The van der Waals surface area contributed by atoms with Gasteiger partial charge in [0.05, 0.1) is 19.9 Å². The number of methoxy groups -OCH3 is 2. The van der Waals surface area contributed by atoms with Crippen molar-refractivity contribution in [1.82, 2.24) is 14.9 Å². The number of aryl methyl sites for hydroxylation is 1. The maximum Gasteiger partial charge on any atom is 0.125 e. The van der Waals surface area contributed by atoms with E-state index in [0.717, 1.165) is 30.3 Å². The Bertz CT molecular complexity index is 740. The van der Waals surface area contributed by atoms with Crippen molar-refractivity contribution in [2.24, 2.45) is 0 Å². The molecule has 0 N–H and O–H groups in total. The zero-order valence-electron chi connectivity index (χ0n) is 14.5.